The standard InChI is InChI=1S/C32H36N4O4S/c1-20-11-21(15-31(37)35-25-17-34-36(18-25)32(2,3)4)5-8-29(20)40-30-9-10-33-28-7-6-26(16-27(28)30)41(38,39)19-24-14-22-12-23(24)13-22/h5-11,16-18,22-24H,12-15,19H2,1-4H3,(H,35,37). The SMILES string of the molecule is Cc1cc(CC(=O)Nc2cnn(C(C)(C)C)c2)ccc1Oc1ccnc2ccc(S(=O)(=O)CC3CC4CC3C4)cc12. The zero-order valence-electron chi connectivity index (χ0n) is 23.9. The molecule has 3 saturated carbocycles. The van der Waals surface area contributed by atoms with Gasteiger partial charge in [0.1, 0.15) is 11.5 Å². The Morgan fingerprint density at radius 1 is 1.07 bits per heavy atom. The summed E-state index contributed by atoms with van der Waals surface area (Å²) in [5.74, 6) is 2.82. The first-order chi connectivity index (χ1) is 19.4. The van der Waals surface area contributed by atoms with Gasteiger partial charge in [0.15, 0.2) is 9.84 Å². The van der Waals surface area contributed by atoms with Gasteiger partial charge in [0.05, 0.1) is 40.0 Å². The van der Waals surface area contributed by atoms with E-state index in [1.807, 2.05) is 56.8 Å². The third-order valence-corrected chi connectivity index (χ3v) is 10.3. The normalized spacial score (nSPS) is 20.1. The van der Waals surface area contributed by atoms with Crippen molar-refractivity contribution in [1.29, 1.82) is 0 Å². The number of nitrogens with one attached hydrogen (secondary N) is 1. The van der Waals surface area contributed by atoms with E-state index in [0.717, 1.165) is 23.5 Å². The summed E-state index contributed by atoms with van der Waals surface area (Å²) in [7, 11) is -3.41. The minimum atomic E-state index is -3.41. The average Bonchev–Trinajstić information content (AvgIpc) is 3.61. The topological polar surface area (TPSA) is 103 Å². The molecule has 0 saturated heterocycles. The molecule has 2 heterocycles. The molecule has 41 heavy (non-hydrogen) atoms. The Balaban J connectivity index is 1.17. The number of nitrogens with zero attached hydrogens (tertiary/aromatic N) is 3. The largest absolute Gasteiger partial charge is 0.456 e. The van der Waals surface area contributed by atoms with Gasteiger partial charge < -0.3 is 10.1 Å². The molecule has 0 radical (unpaired) electrons. The summed E-state index contributed by atoms with van der Waals surface area (Å²) >= 11 is 0. The number of anilines is 1. The van der Waals surface area contributed by atoms with Gasteiger partial charge in [-0.3, -0.25) is 14.5 Å². The molecule has 1 unspecified atom stereocenters. The first kappa shape index (κ1) is 27.4. The monoisotopic (exact) mass is 572 g/mol. The second-order valence-corrected chi connectivity index (χ2v) is 14.7. The average molecular weight is 573 g/mol. The lowest BCUT2D eigenvalue weighted by Crippen LogP contribution is -2.22. The number of amides is 1. The number of aryl methyl sites for hydroxylation is 1. The molecule has 3 aliphatic carbocycles. The van der Waals surface area contributed by atoms with Gasteiger partial charge in [0.25, 0.3) is 0 Å². The van der Waals surface area contributed by atoms with Crippen LogP contribution in [0.3, 0.4) is 0 Å². The Morgan fingerprint density at radius 3 is 2.56 bits per heavy atom. The lowest BCUT2D eigenvalue weighted by Gasteiger charge is -2.24. The minimum absolute atomic E-state index is 0.129. The van der Waals surface area contributed by atoms with Crippen molar-refractivity contribution < 1.29 is 17.9 Å². The number of ether oxygens (including phenoxy) is 1. The Hall–Kier alpha value is -3.72. The highest BCUT2D eigenvalue weighted by atomic mass is 32.2. The molecule has 2 aromatic heterocycles. The Bertz CT molecular complexity index is 1730. The third-order valence-electron chi connectivity index (χ3n) is 8.42. The van der Waals surface area contributed by atoms with Crippen molar-refractivity contribution in [3.05, 3.63) is 72.2 Å². The lowest BCUT2D eigenvalue weighted by atomic mass is 9.83. The van der Waals surface area contributed by atoms with Crippen molar-refractivity contribution in [2.24, 2.45) is 17.8 Å². The first-order valence-electron chi connectivity index (χ1n) is 14.2. The minimum Gasteiger partial charge on any atom is -0.456 e. The Kier molecular flexibility index (Phi) is 6.88. The summed E-state index contributed by atoms with van der Waals surface area (Å²) in [6, 6.07) is 12.5. The fraction of sp³-hybridized carbons (Fsp3) is 0.406. The zero-order valence-corrected chi connectivity index (χ0v) is 24.7. The van der Waals surface area contributed by atoms with Gasteiger partial charge in [-0.1, -0.05) is 12.1 Å². The van der Waals surface area contributed by atoms with Crippen LogP contribution in [-0.4, -0.2) is 34.8 Å². The molecule has 9 heteroatoms. The summed E-state index contributed by atoms with van der Waals surface area (Å²) in [4.78, 5) is 17.4. The van der Waals surface area contributed by atoms with Crippen molar-refractivity contribution in [1.82, 2.24) is 14.8 Å². The van der Waals surface area contributed by atoms with E-state index in [1.54, 1.807) is 36.7 Å². The molecule has 214 valence electrons. The van der Waals surface area contributed by atoms with E-state index >= 15 is 0 Å². The van der Waals surface area contributed by atoms with Crippen LogP contribution in [0.1, 0.15) is 51.2 Å². The molecule has 2 aromatic carbocycles. The van der Waals surface area contributed by atoms with Crippen LogP contribution < -0.4 is 10.1 Å². The summed E-state index contributed by atoms with van der Waals surface area (Å²) in [6.07, 6.45) is 8.76. The molecule has 7 rings (SSSR count). The van der Waals surface area contributed by atoms with Crippen molar-refractivity contribution >= 4 is 32.3 Å². The van der Waals surface area contributed by atoms with Gasteiger partial charge in [0.2, 0.25) is 5.91 Å². The van der Waals surface area contributed by atoms with E-state index in [9.17, 15) is 13.2 Å². The number of rotatable bonds is 8. The van der Waals surface area contributed by atoms with Crippen molar-refractivity contribution in [2.75, 3.05) is 11.1 Å². The Morgan fingerprint density at radius 2 is 1.88 bits per heavy atom. The number of hydrogen-bond acceptors (Lipinski definition) is 6. The van der Waals surface area contributed by atoms with Crippen LogP contribution in [-0.2, 0) is 26.6 Å². The van der Waals surface area contributed by atoms with Crippen LogP contribution in [0, 0.1) is 24.7 Å². The van der Waals surface area contributed by atoms with Crippen molar-refractivity contribution in [3.63, 3.8) is 0 Å². The molecule has 3 fully saturated rings. The fourth-order valence-electron chi connectivity index (χ4n) is 6.15. The lowest BCUT2D eigenvalue weighted by molar-refractivity contribution is -0.115. The van der Waals surface area contributed by atoms with Crippen LogP contribution in [0.5, 0.6) is 11.5 Å². The number of aromatic nitrogens is 3. The van der Waals surface area contributed by atoms with E-state index < -0.39 is 9.84 Å². The van der Waals surface area contributed by atoms with Crippen LogP contribution in [0.15, 0.2) is 66.0 Å². The number of sulfone groups is 1. The number of carbonyl (C=O) groups is 1. The van der Waals surface area contributed by atoms with E-state index in [-0.39, 0.29) is 29.5 Å². The second kappa shape index (κ2) is 10.3. The van der Waals surface area contributed by atoms with Crippen LogP contribution in [0.4, 0.5) is 5.69 Å². The van der Waals surface area contributed by atoms with Gasteiger partial charge in [-0.2, -0.15) is 5.10 Å². The molecule has 8 nitrogen and oxygen atoms in total. The number of pyridine rings is 1. The van der Waals surface area contributed by atoms with Gasteiger partial charge in [-0.25, -0.2) is 8.42 Å². The first-order valence-corrected chi connectivity index (χ1v) is 15.8. The maximum absolute atomic E-state index is 13.3. The van der Waals surface area contributed by atoms with Crippen LogP contribution in [0.25, 0.3) is 10.9 Å². The van der Waals surface area contributed by atoms with Gasteiger partial charge >= 0.3 is 0 Å². The summed E-state index contributed by atoms with van der Waals surface area (Å²) in [5, 5.41) is 7.90. The highest BCUT2D eigenvalue weighted by Gasteiger charge is 2.45. The summed E-state index contributed by atoms with van der Waals surface area (Å²) < 4.78 is 34.7. The zero-order chi connectivity index (χ0) is 28.9. The van der Waals surface area contributed by atoms with Crippen LogP contribution >= 0.6 is 0 Å². The van der Waals surface area contributed by atoms with E-state index in [4.69, 9.17) is 4.74 Å². The van der Waals surface area contributed by atoms with Crippen molar-refractivity contribution in [3.8, 4) is 11.5 Å². The molecule has 3 aliphatic rings. The predicted octanol–water partition coefficient (Wildman–Crippen LogP) is 6.29. The predicted molar refractivity (Wildman–Crippen MR) is 159 cm³/mol. The van der Waals surface area contributed by atoms with Crippen molar-refractivity contribution in [2.45, 2.75) is 63.8 Å². The molecular weight excluding hydrogens is 536 g/mol. The third kappa shape index (κ3) is 5.73. The second-order valence-electron chi connectivity index (χ2n) is 12.6. The van der Waals surface area contributed by atoms with E-state index in [1.165, 1.54) is 12.8 Å². The number of carbonyl (C=O) groups excluding carboxylic acids is 1. The molecular formula is C32H36N4O4S. The molecule has 0 spiro atoms. The van der Waals surface area contributed by atoms with E-state index in [0.29, 0.717) is 38.9 Å². The smallest absolute Gasteiger partial charge is 0.228 e. The molecule has 4 aromatic rings. The van der Waals surface area contributed by atoms with Gasteiger partial charge in [0, 0.05) is 17.8 Å². The number of benzene rings is 2. The molecule has 2 bridgehead atoms. The molecule has 1 amide bonds. The van der Waals surface area contributed by atoms with Gasteiger partial charge in [-0.05, 0) is 106 Å². The number of hydrogen-bond donors (Lipinski definition) is 1. The van der Waals surface area contributed by atoms with Gasteiger partial charge in [-0.15, -0.1) is 0 Å². The molecule has 1 atom stereocenters. The maximum atomic E-state index is 13.3. The highest BCUT2D eigenvalue weighted by molar-refractivity contribution is 7.91. The number of fused-ring (bicyclic) bond motifs is 2. The fourth-order valence-corrected chi connectivity index (χ4v) is 7.89. The van der Waals surface area contributed by atoms with E-state index in [2.05, 4.69) is 15.4 Å². The summed E-state index contributed by atoms with van der Waals surface area (Å²) in [6.45, 7) is 8.07. The highest BCUT2D eigenvalue weighted by Crippen LogP contribution is 2.53. The quantitative estimate of drug-likeness (QED) is 0.266. The maximum Gasteiger partial charge on any atom is 0.228 e. The summed E-state index contributed by atoms with van der Waals surface area (Å²) in [5.41, 5.74) is 2.89. The molecule has 1 N–H and O–H groups in total. The van der Waals surface area contributed by atoms with Crippen LogP contribution in [0.2, 0.25) is 0 Å². The molecule has 0 aliphatic heterocycles. The Labute approximate surface area is 241 Å².